The fraction of sp³-hybridized carbons (Fsp3) is 0.571. The Kier molecular flexibility index (Phi) is 2.05. The molecule has 1 heterocycles. The third-order valence-electron chi connectivity index (χ3n) is 4.58. The summed E-state index contributed by atoms with van der Waals surface area (Å²) in [7, 11) is 0. The Morgan fingerprint density at radius 2 is 2.38 bits per heavy atom. The van der Waals surface area contributed by atoms with Gasteiger partial charge >= 0.3 is 0 Å². The van der Waals surface area contributed by atoms with Gasteiger partial charge in [-0.05, 0) is 43.2 Å². The van der Waals surface area contributed by atoms with Crippen LogP contribution in [0.4, 0.5) is 0 Å². The fourth-order valence-corrected chi connectivity index (χ4v) is 3.49. The molecule has 1 saturated carbocycles. The van der Waals surface area contributed by atoms with E-state index in [1.165, 1.54) is 5.57 Å². The fourth-order valence-electron chi connectivity index (χ4n) is 3.49. The first-order valence-electron chi connectivity index (χ1n) is 6.05. The highest BCUT2D eigenvalue weighted by molar-refractivity contribution is 5.30. The van der Waals surface area contributed by atoms with Gasteiger partial charge in [0.05, 0.1) is 6.26 Å². The van der Waals surface area contributed by atoms with E-state index in [2.05, 4.69) is 13.5 Å². The molecule has 16 heavy (non-hydrogen) atoms. The van der Waals surface area contributed by atoms with Gasteiger partial charge in [0, 0.05) is 5.41 Å². The van der Waals surface area contributed by atoms with Gasteiger partial charge in [-0.25, -0.2) is 0 Å². The van der Waals surface area contributed by atoms with E-state index in [4.69, 9.17) is 4.42 Å². The molecule has 2 heteroatoms. The van der Waals surface area contributed by atoms with Crippen molar-refractivity contribution in [3.63, 3.8) is 0 Å². The van der Waals surface area contributed by atoms with Crippen molar-refractivity contribution in [1.29, 1.82) is 0 Å². The zero-order chi connectivity index (χ0) is 11.3. The van der Waals surface area contributed by atoms with Gasteiger partial charge in [0.1, 0.15) is 11.9 Å². The third kappa shape index (κ3) is 1.17. The number of aliphatic hydroxyl groups is 1. The summed E-state index contributed by atoms with van der Waals surface area (Å²) in [6, 6.07) is 1.99. The molecular formula is C14H18O2. The molecule has 0 spiro atoms. The van der Waals surface area contributed by atoms with Crippen molar-refractivity contribution in [2.24, 2.45) is 11.3 Å². The van der Waals surface area contributed by atoms with Crippen molar-refractivity contribution >= 4 is 0 Å². The lowest BCUT2D eigenvalue weighted by molar-refractivity contribution is -0.0404. The van der Waals surface area contributed by atoms with Gasteiger partial charge in [-0.3, -0.25) is 0 Å². The van der Waals surface area contributed by atoms with Crippen LogP contribution in [0.15, 0.2) is 28.9 Å². The van der Waals surface area contributed by atoms with Crippen molar-refractivity contribution < 1.29 is 9.52 Å². The van der Waals surface area contributed by atoms with Crippen LogP contribution in [0.1, 0.15) is 43.6 Å². The zero-order valence-corrected chi connectivity index (χ0v) is 9.70. The number of fused-ring (bicyclic) bond motifs is 2. The van der Waals surface area contributed by atoms with E-state index in [0.29, 0.717) is 5.92 Å². The largest absolute Gasteiger partial charge is 0.466 e. The Balaban J connectivity index is 2.09. The Morgan fingerprint density at radius 1 is 1.56 bits per heavy atom. The summed E-state index contributed by atoms with van der Waals surface area (Å²) in [6.45, 7) is 6.37. The molecule has 3 atom stereocenters. The van der Waals surface area contributed by atoms with Crippen molar-refractivity contribution in [2.45, 2.75) is 38.7 Å². The van der Waals surface area contributed by atoms with Crippen LogP contribution in [0, 0.1) is 11.3 Å². The number of allylic oxidation sites excluding steroid dienone is 1. The average Bonchev–Trinajstić information content (AvgIpc) is 2.70. The predicted octanol–water partition coefficient (Wildman–Crippen LogP) is 3.23. The Hall–Kier alpha value is -1.02. The Morgan fingerprint density at radius 3 is 3.19 bits per heavy atom. The first kappa shape index (κ1) is 10.2. The minimum Gasteiger partial charge on any atom is -0.466 e. The highest BCUT2D eigenvalue weighted by Gasteiger charge is 2.49. The van der Waals surface area contributed by atoms with Gasteiger partial charge in [0.15, 0.2) is 0 Å². The van der Waals surface area contributed by atoms with Crippen LogP contribution in [-0.2, 0) is 6.42 Å². The van der Waals surface area contributed by atoms with Gasteiger partial charge in [-0.1, -0.05) is 19.1 Å². The molecule has 86 valence electrons. The molecule has 0 aromatic carbocycles. The van der Waals surface area contributed by atoms with Crippen molar-refractivity contribution in [2.75, 3.05) is 0 Å². The minimum atomic E-state index is -0.465. The monoisotopic (exact) mass is 218 g/mol. The molecule has 0 saturated heterocycles. The molecule has 0 unspecified atom stereocenters. The predicted molar refractivity (Wildman–Crippen MR) is 62.0 cm³/mol. The SMILES string of the molecule is C=C1CCC[C@@]2(C)[C@@H]1Cc1ccoc1[C@H]2O. The molecule has 2 nitrogen and oxygen atoms in total. The Labute approximate surface area is 96.0 Å². The van der Waals surface area contributed by atoms with Crippen LogP contribution in [0.3, 0.4) is 0 Å². The molecule has 2 aliphatic carbocycles. The van der Waals surface area contributed by atoms with E-state index in [9.17, 15) is 5.11 Å². The molecule has 2 aliphatic rings. The molecule has 1 aromatic heterocycles. The smallest absolute Gasteiger partial charge is 0.136 e. The maximum absolute atomic E-state index is 10.5. The van der Waals surface area contributed by atoms with Crippen molar-refractivity contribution in [3.05, 3.63) is 35.8 Å². The van der Waals surface area contributed by atoms with Crippen LogP contribution >= 0.6 is 0 Å². The van der Waals surface area contributed by atoms with Crippen LogP contribution in [0.25, 0.3) is 0 Å². The first-order chi connectivity index (χ1) is 7.63. The topological polar surface area (TPSA) is 33.4 Å². The lowest BCUT2D eigenvalue weighted by atomic mass is 9.58. The number of rotatable bonds is 0. The normalized spacial score (nSPS) is 38.0. The second kappa shape index (κ2) is 3.24. The molecule has 0 amide bonds. The van der Waals surface area contributed by atoms with Gasteiger partial charge in [0.2, 0.25) is 0 Å². The van der Waals surface area contributed by atoms with Crippen molar-refractivity contribution in [1.82, 2.24) is 0 Å². The quantitative estimate of drug-likeness (QED) is 0.678. The summed E-state index contributed by atoms with van der Waals surface area (Å²) < 4.78 is 5.44. The molecule has 3 rings (SSSR count). The van der Waals surface area contributed by atoms with E-state index in [-0.39, 0.29) is 5.41 Å². The molecule has 0 aliphatic heterocycles. The first-order valence-corrected chi connectivity index (χ1v) is 6.05. The number of aliphatic hydroxyl groups excluding tert-OH is 1. The van der Waals surface area contributed by atoms with E-state index in [1.54, 1.807) is 6.26 Å². The van der Waals surface area contributed by atoms with Gasteiger partial charge in [-0.2, -0.15) is 0 Å². The lowest BCUT2D eigenvalue weighted by Gasteiger charge is -2.48. The molecule has 1 aromatic rings. The average molecular weight is 218 g/mol. The van der Waals surface area contributed by atoms with E-state index in [1.807, 2.05) is 6.07 Å². The van der Waals surface area contributed by atoms with E-state index < -0.39 is 6.10 Å². The minimum absolute atomic E-state index is 0.0693. The summed E-state index contributed by atoms with van der Waals surface area (Å²) in [5, 5.41) is 10.5. The maximum Gasteiger partial charge on any atom is 0.136 e. The standard InChI is InChI=1S/C14H18O2/c1-9-4-3-6-14(2)11(9)8-10-5-7-16-12(10)13(14)15/h5,7,11,13,15H,1,3-4,6,8H2,2H3/t11-,13-,14+/m1/s1. The summed E-state index contributed by atoms with van der Waals surface area (Å²) >= 11 is 0. The Bertz CT molecular complexity index is 432. The van der Waals surface area contributed by atoms with Gasteiger partial charge in [-0.15, -0.1) is 0 Å². The molecule has 1 N–H and O–H groups in total. The summed E-state index contributed by atoms with van der Waals surface area (Å²) in [5.74, 6) is 1.20. The van der Waals surface area contributed by atoms with Crippen LogP contribution in [-0.4, -0.2) is 5.11 Å². The van der Waals surface area contributed by atoms with Crippen molar-refractivity contribution in [3.8, 4) is 0 Å². The highest BCUT2D eigenvalue weighted by atomic mass is 16.4. The number of hydrogen-bond donors (Lipinski definition) is 1. The summed E-state index contributed by atoms with van der Waals surface area (Å²) in [5.41, 5.74) is 2.40. The number of hydrogen-bond acceptors (Lipinski definition) is 2. The van der Waals surface area contributed by atoms with Crippen LogP contribution in [0.5, 0.6) is 0 Å². The molecule has 1 fully saturated rings. The maximum atomic E-state index is 10.5. The van der Waals surface area contributed by atoms with Gasteiger partial charge < -0.3 is 9.52 Å². The molecule has 0 bridgehead atoms. The van der Waals surface area contributed by atoms with Gasteiger partial charge in [0.25, 0.3) is 0 Å². The highest BCUT2D eigenvalue weighted by Crippen LogP contribution is 2.56. The second-order valence-electron chi connectivity index (χ2n) is 5.49. The molecule has 0 radical (unpaired) electrons. The van der Waals surface area contributed by atoms with E-state index >= 15 is 0 Å². The number of furan rings is 1. The van der Waals surface area contributed by atoms with E-state index in [0.717, 1.165) is 37.0 Å². The van der Waals surface area contributed by atoms with Crippen LogP contribution < -0.4 is 0 Å². The summed E-state index contributed by atoms with van der Waals surface area (Å²) in [4.78, 5) is 0. The second-order valence-corrected chi connectivity index (χ2v) is 5.49. The lowest BCUT2D eigenvalue weighted by Crippen LogP contribution is -2.42. The summed E-state index contributed by atoms with van der Waals surface area (Å²) in [6.07, 6.45) is 5.53. The zero-order valence-electron chi connectivity index (χ0n) is 9.70. The molecular weight excluding hydrogens is 200 g/mol. The van der Waals surface area contributed by atoms with Crippen LogP contribution in [0.2, 0.25) is 0 Å². The third-order valence-corrected chi connectivity index (χ3v) is 4.58.